The zero-order valence-corrected chi connectivity index (χ0v) is 19.4. The Balaban J connectivity index is 0.00000625. The Morgan fingerprint density at radius 1 is 1.23 bits per heavy atom. The van der Waals surface area contributed by atoms with Gasteiger partial charge < -0.3 is 20.1 Å². The monoisotopic (exact) mass is 499 g/mol. The van der Waals surface area contributed by atoms with E-state index in [2.05, 4.69) is 15.6 Å². The van der Waals surface area contributed by atoms with Crippen LogP contribution in [0.25, 0.3) is 0 Å². The van der Waals surface area contributed by atoms with E-state index in [1.165, 1.54) is 0 Å². The molecule has 2 N–H and O–H groups in total. The molecule has 0 aliphatic rings. The van der Waals surface area contributed by atoms with E-state index in [1.807, 2.05) is 13.0 Å². The van der Waals surface area contributed by atoms with Gasteiger partial charge in [-0.2, -0.15) is 0 Å². The lowest BCUT2D eigenvalue weighted by Gasteiger charge is -2.20. The lowest BCUT2D eigenvalue weighted by molar-refractivity contribution is 0.311. The molecule has 0 unspecified atom stereocenters. The highest BCUT2D eigenvalue weighted by atomic mass is 127. The summed E-state index contributed by atoms with van der Waals surface area (Å²) in [6.45, 7) is 7.78. The number of nitrogens with zero attached hydrogens (tertiary/aromatic N) is 1. The first kappa shape index (κ1) is 24.8. The minimum Gasteiger partial charge on any atom is -0.493 e. The van der Waals surface area contributed by atoms with Gasteiger partial charge in [0.05, 0.1) is 24.2 Å². The summed E-state index contributed by atoms with van der Waals surface area (Å²) in [6, 6.07) is 5.44. The average molecular weight is 499 g/mol. The second-order valence-electron chi connectivity index (χ2n) is 6.35. The molecule has 0 fully saturated rings. The van der Waals surface area contributed by atoms with Crippen LogP contribution in [0.1, 0.15) is 27.7 Å². The summed E-state index contributed by atoms with van der Waals surface area (Å²) in [5.74, 6) is 1.79. The first-order chi connectivity index (χ1) is 11.6. The van der Waals surface area contributed by atoms with E-state index in [9.17, 15) is 8.42 Å². The first-order valence-corrected chi connectivity index (χ1v) is 9.80. The second-order valence-corrected chi connectivity index (χ2v) is 9.22. The summed E-state index contributed by atoms with van der Waals surface area (Å²) in [4.78, 5) is 4.11. The standard InChI is InChI=1S/C17H29N3O4S.HI/c1-7-24-15-12-13(8-9-14(15)23-6)20-16(18-5)19-10-11-25(21,22)17(2,3)4;/h8-9,12H,7,10-11H2,1-6H3,(H2,18,19,20);1H. The van der Waals surface area contributed by atoms with E-state index in [0.717, 1.165) is 5.69 Å². The van der Waals surface area contributed by atoms with Gasteiger partial charge in [-0.05, 0) is 39.8 Å². The van der Waals surface area contributed by atoms with Crippen molar-refractivity contribution in [2.75, 3.05) is 38.4 Å². The van der Waals surface area contributed by atoms with Gasteiger partial charge in [-0.25, -0.2) is 8.42 Å². The third kappa shape index (κ3) is 7.18. The molecule has 0 atom stereocenters. The Kier molecular flexibility index (Phi) is 10.3. The number of halogens is 1. The average Bonchev–Trinajstić information content (AvgIpc) is 2.53. The Bertz CT molecular complexity index is 700. The van der Waals surface area contributed by atoms with Crippen molar-refractivity contribution >= 4 is 45.5 Å². The number of guanidine groups is 1. The predicted octanol–water partition coefficient (Wildman–Crippen LogP) is 2.91. The van der Waals surface area contributed by atoms with Crippen LogP contribution in [0.15, 0.2) is 23.2 Å². The number of hydrogen-bond donors (Lipinski definition) is 2. The van der Waals surface area contributed by atoms with Crippen molar-refractivity contribution in [1.29, 1.82) is 0 Å². The summed E-state index contributed by atoms with van der Waals surface area (Å²) in [5.41, 5.74) is 0.760. The van der Waals surface area contributed by atoms with Gasteiger partial charge in [-0.1, -0.05) is 0 Å². The molecule has 0 spiro atoms. The highest BCUT2D eigenvalue weighted by Gasteiger charge is 2.28. The van der Waals surface area contributed by atoms with Crippen LogP contribution in [0.4, 0.5) is 5.69 Å². The van der Waals surface area contributed by atoms with Crippen molar-refractivity contribution in [3.8, 4) is 11.5 Å². The zero-order chi connectivity index (χ0) is 19.1. The fraction of sp³-hybridized carbons (Fsp3) is 0.588. The number of sulfone groups is 1. The molecule has 7 nitrogen and oxygen atoms in total. The summed E-state index contributed by atoms with van der Waals surface area (Å²) < 4.78 is 34.3. The number of hydrogen-bond acceptors (Lipinski definition) is 5. The smallest absolute Gasteiger partial charge is 0.195 e. The van der Waals surface area contributed by atoms with E-state index < -0.39 is 14.6 Å². The Hall–Kier alpha value is -1.23. The van der Waals surface area contributed by atoms with Gasteiger partial charge in [0.15, 0.2) is 27.3 Å². The van der Waals surface area contributed by atoms with E-state index in [1.54, 1.807) is 47.1 Å². The lowest BCUT2D eigenvalue weighted by atomic mass is 10.2. The van der Waals surface area contributed by atoms with Crippen LogP contribution in [0, 0.1) is 0 Å². The summed E-state index contributed by atoms with van der Waals surface area (Å²) in [7, 11) is 0.0306. The molecule has 1 aromatic carbocycles. The number of benzene rings is 1. The number of rotatable bonds is 7. The van der Waals surface area contributed by atoms with E-state index in [4.69, 9.17) is 9.47 Å². The molecule has 0 amide bonds. The van der Waals surface area contributed by atoms with Crippen LogP contribution in [0.5, 0.6) is 11.5 Å². The first-order valence-electron chi connectivity index (χ1n) is 8.15. The normalized spacial score (nSPS) is 12.2. The molecule has 0 aromatic heterocycles. The topological polar surface area (TPSA) is 89.0 Å². The summed E-state index contributed by atoms with van der Waals surface area (Å²) in [5, 5.41) is 6.13. The minimum absolute atomic E-state index is 0. The maximum absolute atomic E-state index is 12.1. The van der Waals surface area contributed by atoms with Crippen LogP contribution in [-0.2, 0) is 9.84 Å². The van der Waals surface area contributed by atoms with Gasteiger partial charge in [-0.3, -0.25) is 4.99 Å². The quantitative estimate of drug-likeness (QED) is 0.341. The molecule has 1 aromatic rings. The van der Waals surface area contributed by atoms with E-state index >= 15 is 0 Å². The predicted molar refractivity (Wildman–Crippen MR) is 118 cm³/mol. The molecule has 0 bridgehead atoms. The fourth-order valence-electron chi connectivity index (χ4n) is 1.95. The minimum atomic E-state index is -3.18. The zero-order valence-electron chi connectivity index (χ0n) is 16.3. The van der Waals surface area contributed by atoms with Crippen LogP contribution < -0.4 is 20.1 Å². The van der Waals surface area contributed by atoms with Crippen molar-refractivity contribution in [2.24, 2.45) is 4.99 Å². The van der Waals surface area contributed by atoms with Gasteiger partial charge in [0.25, 0.3) is 0 Å². The van der Waals surface area contributed by atoms with Crippen molar-refractivity contribution in [3.63, 3.8) is 0 Å². The van der Waals surface area contributed by atoms with Crippen molar-refractivity contribution in [1.82, 2.24) is 5.32 Å². The van der Waals surface area contributed by atoms with Crippen LogP contribution >= 0.6 is 24.0 Å². The Labute approximate surface area is 173 Å². The molecule has 0 aliphatic heterocycles. The van der Waals surface area contributed by atoms with Gasteiger partial charge in [0, 0.05) is 25.3 Å². The molecule has 0 aliphatic carbocycles. The van der Waals surface area contributed by atoms with E-state index in [0.29, 0.717) is 24.1 Å². The second kappa shape index (κ2) is 10.8. The van der Waals surface area contributed by atoms with Crippen LogP contribution in [0.2, 0.25) is 0 Å². The van der Waals surface area contributed by atoms with Crippen LogP contribution in [0.3, 0.4) is 0 Å². The van der Waals surface area contributed by atoms with Crippen molar-refractivity contribution in [2.45, 2.75) is 32.4 Å². The molecular weight excluding hydrogens is 469 g/mol. The van der Waals surface area contributed by atoms with Gasteiger partial charge in [0.1, 0.15) is 0 Å². The molecule has 0 heterocycles. The van der Waals surface area contributed by atoms with Crippen molar-refractivity contribution < 1.29 is 17.9 Å². The summed E-state index contributed by atoms with van der Waals surface area (Å²) >= 11 is 0. The van der Waals surface area contributed by atoms with Gasteiger partial charge >= 0.3 is 0 Å². The maximum Gasteiger partial charge on any atom is 0.195 e. The third-order valence-electron chi connectivity index (χ3n) is 3.55. The fourth-order valence-corrected chi connectivity index (χ4v) is 2.93. The highest BCUT2D eigenvalue weighted by molar-refractivity contribution is 14.0. The van der Waals surface area contributed by atoms with Gasteiger partial charge in [-0.15, -0.1) is 24.0 Å². The van der Waals surface area contributed by atoms with Gasteiger partial charge in [0.2, 0.25) is 0 Å². The largest absolute Gasteiger partial charge is 0.493 e. The number of anilines is 1. The molecule has 1 rings (SSSR count). The number of methoxy groups -OCH3 is 1. The summed E-state index contributed by atoms with van der Waals surface area (Å²) in [6.07, 6.45) is 0. The molecular formula is C17H30IN3O4S. The molecule has 0 radical (unpaired) electrons. The molecule has 150 valence electrons. The van der Waals surface area contributed by atoms with Crippen molar-refractivity contribution in [3.05, 3.63) is 18.2 Å². The highest BCUT2D eigenvalue weighted by Crippen LogP contribution is 2.30. The Morgan fingerprint density at radius 2 is 1.88 bits per heavy atom. The molecule has 0 saturated carbocycles. The number of ether oxygens (including phenoxy) is 2. The SMILES string of the molecule is CCOc1cc(NC(=NC)NCCS(=O)(=O)C(C)(C)C)ccc1OC.I. The lowest BCUT2D eigenvalue weighted by Crippen LogP contribution is -2.38. The molecule has 26 heavy (non-hydrogen) atoms. The number of nitrogens with one attached hydrogen (secondary N) is 2. The maximum atomic E-state index is 12.1. The Morgan fingerprint density at radius 3 is 2.38 bits per heavy atom. The van der Waals surface area contributed by atoms with E-state index in [-0.39, 0.29) is 36.3 Å². The third-order valence-corrected chi connectivity index (χ3v) is 6.15. The molecule has 0 saturated heterocycles. The number of aliphatic imine (C=N–C) groups is 1. The molecule has 9 heteroatoms. The van der Waals surface area contributed by atoms with Crippen LogP contribution in [-0.4, -0.2) is 52.2 Å².